The molecule has 0 unspecified atom stereocenters. The van der Waals surface area contributed by atoms with Crippen LogP contribution in [0.1, 0.15) is 16.7 Å². The fourth-order valence-corrected chi connectivity index (χ4v) is 2.14. The Kier molecular flexibility index (Phi) is 5.03. The van der Waals surface area contributed by atoms with Gasteiger partial charge in [0.2, 0.25) is 0 Å². The van der Waals surface area contributed by atoms with Gasteiger partial charge in [-0.15, -0.1) is 0 Å². The Morgan fingerprint density at radius 3 is 2.50 bits per heavy atom. The zero-order valence-electron chi connectivity index (χ0n) is 11.9. The quantitative estimate of drug-likeness (QED) is 0.813. The summed E-state index contributed by atoms with van der Waals surface area (Å²) in [5, 5.41) is 6.01. The monoisotopic (exact) mass is 324 g/mol. The molecule has 0 radical (unpaired) electrons. The molecule has 22 heavy (non-hydrogen) atoms. The minimum atomic E-state index is -4.37. The van der Waals surface area contributed by atoms with Crippen LogP contribution in [0.15, 0.2) is 48.5 Å². The van der Waals surface area contributed by atoms with Crippen LogP contribution in [0.2, 0.25) is 0 Å². The zero-order valence-corrected chi connectivity index (χ0v) is 12.7. The van der Waals surface area contributed by atoms with Crippen molar-refractivity contribution in [2.75, 3.05) is 5.32 Å². The van der Waals surface area contributed by atoms with Crippen molar-refractivity contribution in [3.63, 3.8) is 0 Å². The van der Waals surface area contributed by atoms with E-state index in [0.717, 1.165) is 23.3 Å². The standard InChI is InChI=1S/C16H15F3N2S/c1-11-4-2-5-12(8-11)10-20-15(22)21-14-7-3-6-13(9-14)16(17,18)19/h2-9H,10H2,1H3,(H2,20,21,22). The molecule has 6 heteroatoms. The van der Waals surface area contributed by atoms with Gasteiger partial charge < -0.3 is 10.6 Å². The van der Waals surface area contributed by atoms with E-state index in [-0.39, 0.29) is 5.11 Å². The summed E-state index contributed by atoms with van der Waals surface area (Å²) in [6.45, 7) is 2.50. The Bertz CT molecular complexity index is 668. The normalized spacial score (nSPS) is 11.1. The molecular formula is C16H15F3N2S. The number of anilines is 1. The first-order chi connectivity index (χ1) is 10.3. The van der Waals surface area contributed by atoms with Crippen molar-refractivity contribution in [3.8, 4) is 0 Å². The third kappa shape index (κ3) is 4.73. The van der Waals surface area contributed by atoms with Crippen molar-refractivity contribution in [3.05, 3.63) is 65.2 Å². The molecule has 0 aliphatic heterocycles. The lowest BCUT2D eigenvalue weighted by Crippen LogP contribution is -2.28. The topological polar surface area (TPSA) is 24.1 Å². The predicted octanol–water partition coefficient (Wildman–Crippen LogP) is 4.50. The van der Waals surface area contributed by atoms with E-state index >= 15 is 0 Å². The summed E-state index contributed by atoms with van der Waals surface area (Å²) < 4.78 is 37.9. The van der Waals surface area contributed by atoms with E-state index in [9.17, 15) is 13.2 Å². The SMILES string of the molecule is Cc1cccc(CNC(=S)Nc2cccc(C(F)(F)F)c2)c1. The highest BCUT2D eigenvalue weighted by atomic mass is 32.1. The van der Waals surface area contributed by atoms with Gasteiger partial charge in [0.1, 0.15) is 0 Å². The fraction of sp³-hybridized carbons (Fsp3) is 0.188. The minimum absolute atomic E-state index is 0.279. The Balaban J connectivity index is 1.95. The molecule has 2 nitrogen and oxygen atoms in total. The van der Waals surface area contributed by atoms with E-state index in [1.54, 1.807) is 0 Å². The number of halogens is 3. The van der Waals surface area contributed by atoms with Gasteiger partial charge in [-0.3, -0.25) is 0 Å². The highest BCUT2D eigenvalue weighted by molar-refractivity contribution is 7.80. The maximum absolute atomic E-state index is 12.6. The van der Waals surface area contributed by atoms with Gasteiger partial charge >= 0.3 is 6.18 Å². The van der Waals surface area contributed by atoms with Crippen LogP contribution < -0.4 is 10.6 Å². The molecule has 0 spiro atoms. The van der Waals surface area contributed by atoms with Crippen molar-refractivity contribution < 1.29 is 13.2 Å². The second-order valence-electron chi connectivity index (χ2n) is 4.88. The van der Waals surface area contributed by atoms with E-state index < -0.39 is 11.7 Å². The van der Waals surface area contributed by atoms with E-state index in [0.29, 0.717) is 12.2 Å². The maximum Gasteiger partial charge on any atom is 0.416 e. The second-order valence-corrected chi connectivity index (χ2v) is 5.28. The zero-order chi connectivity index (χ0) is 16.2. The lowest BCUT2D eigenvalue weighted by Gasteiger charge is -2.13. The van der Waals surface area contributed by atoms with E-state index in [1.165, 1.54) is 12.1 Å². The molecule has 2 rings (SSSR count). The van der Waals surface area contributed by atoms with Gasteiger partial charge in [-0.2, -0.15) is 13.2 Å². The number of hydrogen-bond acceptors (Lipinski definition) is 1. The van der Waals surface area contributed by atoms with Crippen LogP contribution in [-0.2, 0) is 12.7 Å². The molecule has 2 aromatic carbocycles. The molecule has 0 atom stereocenters. The molecule has 2 N–H and O–H groups in total. The molecule has 0 aromatic heterocycles. The smallest absolute Gasteiger partial charge is 0.358 e. The summed E-state index contributed by atoms with van der Waals surface area (Å²) in [6.07, 6.45) is -4.37. The molecule has 0 saturated heterocycles. The number of nitrogens with one attached hydrogen (secondary N) is 2. The summed E-state index contributed by atoms with van der Waals surface area (Å²) in [7, 11) is 0. The summed E-state index contributed by atoms with van der Waals surface area (Å²) in [4.78, 5) is 0. The van der Waals surface area contributed by atoms with Crippen molar-refractivity contribution in [1.82, 2.24) is 5.32 Å². The van der Waals surface area contributed by atoms with Crippen LogP contribution >= 0.6 is 12.2 Å². The third-order valence-corrected chi connectivity index (χ3v) is 3.23. The molecule has 0 saturated carbocycles. The van der Waals surface area contributed by atoms with Gasteiger partial charge in [-0.25, -0.2) is 0 Å². The predicted molar refractivity (Wildman–Crippen MR) is 85.7 cm³/mol. The third-order valence-electron chi connectivity index (χ3n) is 2.98. The summed E-state index contributed by atoms with van der Waals surface area (Å²) in [5.74, 6) is 0. The Hall–Kier alpha value is -2.08. The van der Waals surface area contributed by atoms with Crippen molar-refractivity contribution in [2.45, 2.75) is 19.6 Å². The number of benzene rings is 2. The Morgan fingerprint density at radius 2 is 1.82 bits per heavy atom. The first kappa shape index (κ1) is 16.3. The molecule has 2 aromatic rings. The van der Waals surface area contributed by atoms with Crippen LogP contribution in [0.5, 0.6) is 0 Å². The van der Waals surface area contributed by atoms with Crippen LogP contribution in [-0.4, -0.2) is 5.11 Å². The number of thiocarbonyl (C=S) groups is 1. The van der Waals surface area contributed by atoms with Crippen LogP contribution in [0.3, 0.4) is 0 Å². The van der Waals surface area contributed by atoms with Crippen LogP contribution in [0.25, 0.3) is 0 Å². The summed E-state index contributed by atoms with van der Waals surface area (Å²) in [5.41, 5.74) is 1.78. The summed E-state index contributed by atoms with van der Waals surface area (Å²) in [6, 6.07) is 12.8. The number of aryl methyl sites for hydroxylation is 1. The van der Waals surface area contributed by atoms with Crippen molar-refractivity contribution in [1.29, 1.82) is 0 Å². The molecule has 0 fully saturated rings. The van der Waals surface area contributed by atoms with Gasteiger partial charge in [0.15, 0.2) is 5.11 Å². The average molecular weight is 324 g/mol. The van der Waals surface area contributed by atoms with Crippen LogP contribution in [0, 0.1) is 6.92 Å². The van der Waals surface area contributed by atoms with E-state index in [1.807, 2.05) is 31.2 Å². The molecular weight excluding hydrogens is 309 g/mol. The second kappa shape index (κ2) is 6.79. The Morgan fingerprint density at radius 1 is 1.09 bits per heavy atom. The van der Waals surface area contributed by atoms with E-state index in [2.05, 4.69) is 10.6 Å². The number of rotatable bonds is 3. The molecule has 116 valence electrons. The first-order valence-electron chi connectivity index (χ1n) is 6.62. The molecule has 0 bridgehead atoms. The first-order valence-corrected chi connectivity index (χ1v) is 7.03. The number of hydrogen-bond donors (Lipinski definition) is 2. The van der Waals surface area contributed by atoms with Crippen molar-refractivity contribution >= 4 is 23.0 Å². The van der Waals surface area contributed by atoms with Gasteiger partial charge in [-0.1, -0.05) is 35.9 Å². The van der Waals surface area contributed by atoms with Gasteiger partial charge in [0, 0.05) is 12.2 Å². The van der Waals surface area contributed by atoms with Crippen LogP contribution in [0.4, 0.5) is 18.9 Å². The van der Waals surface area contributed by atoms with Crippen molar-refractivity contribution in [2.24, 2.45) is 0 Å². The number of alkyl halides is 3. The molecule has 0 aliphatic rings. The highest BCUT2D eigenvalue weighted by Gasteiger charge is 2.30. The summed E-state index contributed by atoms with van der Waals surface area (Å²) >= 11 is 5.10. The highest BCUT2D eigenvalue weighted by Crippen LogP contribution is 2.30. The van der Waals surface area contributed by atoms with E-state index in [4.69, 9.17) is 12.2 Å². The molecule has 0 aliphatic carbocycles. The minimum Gasteiger partial charge on any atom is -0.358 e. The Labute approximate surface area is 132 Å². The lowest BCUT2D eigenvalue weighted by atomic mass is 10.1. The molecule has 0 amide bonds. The van der Waals surface area contributed by atoms with Gasteiger partial charge in [-0.05, 0) is 42.9 Å². The average Bonchev–Trinajstić information content (AvgIpc) is 2.45. The largest absolute Gasteiger partial charge is 0.416 e. The van der Waals surface area contributed by atoms with Gasteiger partial charge in [0.05, 0.1) is 5.56 Å². The molecule has 0 heterocycles. The maximum atomic E-state index is 12.6. The lowest BCUT2D eigenvalue weighted by molar-refractivity contribution is -0.137. The fourth-order valence-electron chi connectivity index (χ4n) is 1.95. The van der Waals surface area contributed by atoms with Gasteiger partial charge in [0.25, 0.3) is 0 Å².